The van der Waals surface area contributed by atoms with Crippen molar-refractivity contribution in [3.8, 4) is 0 Å². The molecule has 1 saturated heterocycles. The van der Waals surface area contributed by atoms with Gasteiger partial charge in [-0.15, -0.1) is 0 Å². The van der Waals surface area contributed by atoms with Crippen molar-refractivity contribution in [3.63, 3.8) is 0 Å². The van der Waals surface area contributed by atoms with E-state index < -0.39 is 0 Å². The zero-order valence-corrected chi connectivity index (χ0v) is 14.0. The van der Waals surface area contributed by atoms with Gasteiger partial charge in [-0.3, -0.25) is 0 Å². The zero-order valence-electron chi connectivity index (χ0n) is 13.2. The molecular formula is C17H25N3S. The van der Waals surface area contributed by atoms with E-state index in [4.69, 9.17) is 12.2 Å². The molecule has 0 amide bonds. The molecule has 0 bridgehead atoms. The van der Waals surface area contributed by atoms with Crippen molar-refractivity contribution in [1.29, 1.82) is 0 Å². The van der Waals surface area contributed by atoms with E-state index in [0.29, 0.717) is 18.0 Å². The Balaban J connectivity index is 2.00. The van der Waals surface area contributed by atoms with Crippen LogP contribution in [0.3, 0.4) is 0 Å². The molecule has 21 heavy (non-hydrogen) atoms. The maximum Gasteiger partial charge on any atom is 0.0644 e. The maximum atomic E-state index is 5.16. The number of nitrogens with zero attached hydrogens (tertiary/aromatic N) is 2. The highest BCUT2D eigenvalue weighted by atomic mass is 32.1. The van der Waals surface area contributed by atoms with Crippen LogP contribution < -0.4 is 10.2 Å². The third-order valence-corrected chi connectivity index (χ3v) is 5.18. The van der Waals surface area contributed by atoms with Gasteiger partial charge in [-0.25, -0.2) is 0 Å². The molecule has 114 valence electrons. The molecule has 1 N–H and O–H groups in total. The van der Waals surface area contributed by atoms with Gasteiger partial charge in [-0.1, -0.05) is 24.4 Å². The van der Waals surface area contributed by atoms with Crippen molar-refractivity contribution in [1.82, 2.24) is 4.90 Å². The second kappa shape index (κ2) is 5.93. The first kappa shape index (κ1) is 14.8. The molecule has 2 unspecified atom stereocenters. The SMILES string of the molecule is CNc1cccc2c1N(CC=S)C1CCN(C(C)C)CC21. The normalized spacial score (nSPS) is 24.9. The first-order valence-corrected chi connectivity index (χ1v) is 8.39. The van der Waals surface area contributed by atoms with Gasteiger partial charge in [-0.2, -0.15) is 0 Å². The van der Waals surface area contributed by atoms with Crippen molar-refractivity contribution in [2.75, 3.05) is 36.9 Å². The third-order valence-electron chi connectivity index (χ3n) is 5.03. The predicted octanol–water partition coefficient (Wildman–Crippen LogP) is 3.11. The number of thiocarbonyl (C=S) groups is 1. The Morgan fingerprint density at radius 2 is 2.24 bits per heavy atom. The number of likely N-dealkylation sites (tertiary alicyclic amines) is 1. The number of rotatable bonds is 4. The van der Waals surface area contributed by atoms with E-state index in [1.165, 1.54) is 29.9 Å². The van der Waals surface area contributed by atoms with E-state index in [2.05, 4.69) is 47.2 Å². The maximum absolute atomic E-state index is 5.16. The van der Waals surface area contributed by atoms with Crippen LogP contribution in [0.4, 0.5) is 11.4 Å². The van der Waals surface area contributed by atoms with Crippen molar-refractivity contribution in [2.45, 2.75) is 38.3 Å². The lowest BCUT2D eigenvalue weighted by Gasteiger charge is -2.40. The molecule has 0 spiro atoms. The topological polar surface area (TPSA) is 18.5 Å². The number of piperidine rings is 1. The van der Waals surface area contributed by atoms with Gasteiger partial charge in [0.15, 0.2) is 0 Å². The van der Waals surface area contributed by atoms with Crippen LogP contribution in [0.15, 0.2) is 18.2 Å². The number of para-hydroxylation sites is 1. The van der Waals surface area contributed by atoms with E-state index in [1.807, 2.05) is 12.4 Å². The Labute approximate surface area is 133 Å². The second-order valence-corrected chi connectivity index (χ2v) is 6.70. The van der Waals surface area contributed by atoms with E-state index in [9.17, 15) is 0 Å². The molecule has 4 heteroatoms. The van der Waals surface area contributed by atoms with Gasteiger partial charge < -0.3 is 15.1 Å². The summed E-state index contributed by atoms with van der Waals surface area (Å²) in [7, 11) is 2.01. The van der Waals surface area contributed by atoms with Crippen LogP contribution in [0.5, 0.6) is 0 Å². The van der Waals surface area contributed by atoms with Crippen molar-refractivity contribution < 1.29 is 0 Å². The average molecular weight is 303 g/mol. The summed E-state index contributed by atoms with van der Waals surface area (Å²) in [6.45, 7) is 7.82. The molecule has 1 fully saturated rings. The molecular weight excluding hydrogens is 278 g/mol. The van der Waals surface area contributed by atoms with Crippen LogP contribution >= 0.6 is 12.2 Å². The molecule has 2 aliphatic rings. The van der Waals surface area contributed by atoms with Gasteiger partial charge in [0.25, 0.3) is 0 Å². The molecule has 0 aliphatic carbocycles. The molecule has 3 nitrogen and oxygen atoms in total. The van der Waals surface area contributed by atoms with Gasteiger partial charge in [0, 0.05) is 44.7 Å². The standard InChI is InChI=1S/C17H25N3S/c1-12(2)19-8-7-16-14(11-19)13-5-4-6-15(18-3)17(13)20(16)9-10-21/h4-6,10,12,14,16,18H,7-9,11H2,1-3H3. The summed E-state index contributed by atoms with van der Waals surface area (Å²) in [5, 5.41) is 5.22. The lowest BCUT2D eigenvalue weighted by molar-refractivity contribution is 0.157. The van der Waals surface area contributed by atoms with Crippen LogP contribution in [-0.2, 0) is 0 Å². The molecule has 0 radical (unpaired) electrons. The van der Waals surface area contributed by atoms with E-state index in [-0.39, 0.29) is 0 Å². The van der Waals surface area contributed by atoms with Crippen LogP contribution in [-0.4, -0.2) is 49.0 Å². The molecule has 1 aromatic rings. The van der Waals surface area contributed by atoms with Crippen molar-refractivity contribution in [3.05, 3.63) is 23.8 Å². The minimum atomic E-state index is 0.601. The third kappa shape index (κ3) is 2.44. The minimum Gasteiger partial charge on any atom is -0.386 e. The fourth-order valence-corrected chi connectivity index (χ4v) is 4.13. The summed E-state index contributed by atoms with van der Waals surface area (Å²) in [4.78, 5) is 5.13. The molecule has 2 heterocycles. The number of anilines is 2. The van der Waals surface area contributed by atoms with E-state index in [1.54, 1.807) is 0 Å². The smallest absolute Gasteiger partial charge is 0.0644 e. The lowest BCUT2D eigenvalue weighted by atomic mass is 9.88. The number of benzene rings is 1. The van der Waals surface area contributed by atoms with Crippen LogP contribution in [0, 0.1) is 0 Å². The van der Waals surface area contributed by atoms with Crippen LogP contribution in [0.1, 0.15) is 31.7 Å². The predicted molar refractivity (Wildman–Crippen MR) is 94.8 cm³/mol. The first-order valence-electron chi connectivity index (χ1n) is 7.92. The molecule has 2 atom stereocenters. The van der Waals surface area contributed by atoms with Crippen molar-refractivity contribution >= 4 is 29.0 Å². The summed E-state index contributed by atoms with van der Waals surface area (Å²) in [5.41, 5.74) is 4.10. The molecule has 2 aliphatic heterocycles. The summed E-state index contributed by atoms with van der Waals surface area (Å²) >= 11 is 5.16. The Morgan fingerprint density at radius 3 is 2.90 bits per heavy atom. The largest absolute Gasteiger partial charge is 0.386 e. The van der Waals surface area contributed by atoms with Crippen LogP contribution in [0.2, 0.25) is 0 Å². The van der Waals surface area contributed by atoms with Gasteiger partial charge in [0.1, 0.15) is 0 Å². The number of nitrogens with one attached hydrogen (secondary N) is 1. The Hall–Kier alpha value is -1.13. The highest BCUT2D eigenvalue weighted by Crippen LogP contribution is 2.48. The first-order chi connectivity index (χ1) is 10.2. The fraction of sp³-hybridized carbons (Fsp3) is 0.588. The number of fused-ring (bicyclic) bond motifs is 3. The number of hydrogen-bond donors (Lipinski definition) is 1. The molecule has 0 aromatic heterocycles. The Bertz CT molecular complexity index is 529. The molecule has 3 rings (SSSR count). The molecule has 1 aromatic carbocycles. The van der Waals surface area contributed by atoms with Crippen LogP contribution in [0.25, 0.3) is 0 Å². The summed E-state index contributed by atoms with van der Waals surface area (Å²) < 4.78 is 0. The lowest BCUT2D eigenvalue weighted by Crippen LogP contribution is -2.48. The van der Waals surface area contributed by atoms with Gasteiger partial charge in [-0.05, 0) is 37.3 Å². The van der Waals surface area contributed by atoms with Crippen molar-refractivity contribution in [2.24, 2.45) is 0 Å². The van der Waals surface area contributed by atoms with Gasteiger partial charge in [0.2, 0.25) is 0 Å². The van der Waals surface area contributed by atoms with Gasteiger partial charge >= 0.3 is 0 Å². The summed E-state index contributed by atoms with van der Waals surface area (Å²) in [6, 6.07) is 7.88. The zero-order chi connectivity index (χ0) is 15.0. The minimum absolute atomic E-state index is 0.601. The van der Waals surface area contributed by atoms with E-state index in [0.717, 1.165) is 13.1 Å². The Kier molecular flexibility index (Phi) is 4.18. The summed E-state index contributed by atoms with van der Waals surface area (Å²) in [6.07, 6.45) is 1.23. The quantitative estimate of drug-likeness (QED) is 0.861. The monoisotopic (exact) mass is 303 g/mol. The van der Waals surface area contributed by atoms with Gasteiger partial charge in [0.05, 0.1) is 11.4 Å². The average Bonchev–Trinajstić information content (AvgIpc) is 2.81. The number of hydrogen-bond acceptors (Lipinski definition) is 4. The summed E-state index contributed by atoms with van der Waals surface area (Å²) in [5.74, 6) is 0.611. The second-order valence-electron chi connectivity index (χ2n) is 6.36. The highest BCUT2D eigenvalue weighted by Gasteiger charge is 2.42. The van der Waals surface area contributed by atoms with E-state index >= 15 is 0 Å². The fourth-order valence-electron chi connectivity index (χ4n) is 3.97. The molecule has 0 saturated carbocycles. The Morgan fingerprint density at radius 1 is 1.43 bits per heavy atom. The highest BCUT2D eigenvalue weighted by molar-refractivity contribution is 7.79.